The molecule has 1 unspecified atom stereocenters. The average Bonchev–Trinajstić information content (AvgIpc) is 3.16. The number of carbonyl (C=O) groups excluding carboxylic acids is 1. The number of ether oxygens (including phenoxy) is 1. The number of aromatic nitrogens is 1. The predicted molar refractivity (Wildman–Crippen MR) is 112 cm³/mol. The molecule has 0 aromatic carbocycles. The number of rotatable bonds is 6. The van der Waals surface area contributed by atoms with Crippen LogP contribution in [-0.2, 0) is 16.1 Å². The van der Waals surface area contributed by atoms with Gasteiger partial charge in [0, 0.05) is 32.1 Å². The number of aryl methyl sites for hydroxylation is 2. The smallest absolute Gasteiger partial charge is 0.243 e. The number of thiazole rings is 1. The molecule has 1 aromatic rings. The van der Waals surface area contributed by atoms with E-state index in [1.807, 2.05) is 6.92 Å². The van der Waals surface area contributed by atoms with Crippen LogP contribution < -0.4 is 10.6 Å². The first-order chi connectivity index (χ1) is 11.5. The molecule has 1 fully saturated rings. The Kier molecular flexibility index (Phi) is 9.65. The third kappa shape index (κ3) is 7.45. The van der Waals surface area contributed by atoms with Crippen molar-refractivity contribution in [1.29, 1.82) is 0 Å². The number of halogens is 1. The van der Waals surface area contributed by atoms with Gasteiger partial charge in [0.25, 0.3) is 0 Å². The van der Waals surface area contributed by atoms with Crippen LogP contribution in [0.15, 0.2) is 4.99 Å². The Balaban J connectivity index is 0.00000312. The molecule has 2 rings (SSSR count). The molecule has 2 N–H and O–H groups in total. The third-order valence-electron chi connectivity index (χ3n) is 3.87. The first-order valence-corrected chi connectivity index (χ1v) is 9.04. The summed E-state index contributed by atoms with van der Waals surface area (Å²) < 4.78 is 5.62. The van der Waals surface area contributed by atoms with Gasteiger partial charge in [-0.25, -0.2) is 9.98 Å². The largest absolute Gasteiger partial charge is 0.376 e. The van der Waals surface area contributed by atoms with E-state index in [-0.39, 0.29) is 42.5 Å². The lowest BCUT2D eigenvalue weighted by molar-refractivity contribution is -0.127. The molecule has 0 spiro atoms. The molecule has 1 amide bonds. The highest BCUT2D eigenvalue weighted by Crippen LogP contribution is 2.16. The van der Waals surface area contributed by atoms with Crippen LogP contribution in [0.5, 0.6) is 0 Å². The molecule has 2 heterocycles. The van der Waals surface area contributed by atoms with Crippen LogP contribution in [0, 0.1) is 13.8 Å². The van der Waals surface area contributed by atoms with Gasteiger partial charge in [-0.3, -0.25) is 4.79 Å². The summed E-state index contributed by atoms with van der Waals surface area (Å²) >= 11 is 1.67. The summed E-state index contributed by atoms with van der Waals surface area (Å²) in [6, 6.07) is 0. The minimum atomic E-state index is -0.0332. The normalized spacial score (nSPS) is 17.1. The topological polar surface area (TPSA) is 78.9 Å². The van der Waals surface area contributed by atoms with Crippen LogP contribution >= 0.6 is 35.3 Å². The van der Waals surface area contributed by atoms with Gasteiger partial charge in [-0.15, -0.1) is 35.3 Å². The van der Waals surface area contributed by atoms with Crippen LogP contribution in [-0.4, -0.2) is 61.6 Å². The van der Waals surface area contributed by atoms with Crippen molar-refractivity contribution in [3.63, 3.8) is 0 Å². The van der Waals surface area contributed by atoms with E-state index in [1.54, 1.807) is 25.4 Å². The molecule has 1 atom stereocenters. The number of hydrogen-bond donors (Lipinski definition) is 2. The van der Waals surface area contributed by atoms with Gasteiger partial charge in [-0.05, 0) is 26.7 Å². The van der Waals surface area contributed by atoms with Crippen molar-refractivity contribution in [3.05, 3.63) is 15.6 Å². The molecule has 0 saturated carbocycles. The van der Waals surface area contributed by atoms with Crippen LogP contribution in [0.4, 0.5) is 0 Å². The number of guanidine groups is 1. The van der Waals surface area contributed by atoms with Crippen molar-refractivity contribution >= 4 is 47.2 Å². The Morgan fingerprint density at radius 1 is 1.40 bits per heavy atom. The summed E-state index contributed by atoms with van der Waals surface area (Å²) in [4.78, 5) is 23.4. The van der Waals surface area contributed by atoms with Crippen LogP contribution in [0.1, 0.15) is 28.4 Å². The number of likely N-dealkylation sites (N-methyl/N-ethyl adjacent to an activating group) is 1. The summed E-state index contributed by atoms with van der Waals surface area (Å²) in [5.41, 5.74) is 1.06. The Morgan fingerprint density at radius 2 is 2.16 bits per heavy atom. The van der Waals surface area contributed by atoms with Gasteiger partial charge in [0.15, 0.2) is 5.96 Å². The molecule has 0 bridgehead atoms. The van der Waals surface area contributed by atoms with Gasteiger partial charge in [-0.1, -0.05) is 0 Å². The summed E-state index contributed by atoms with van der Waals surface area (Å²) in [5, 5.41) is 7.53. The number of carbonyl (C=O) groups is 1. The quantitative estimate of drug-likeness (QED) is 0.367. The maximum atomic E-state index is 11.8. The van der Waals surface area contributed by atoms with Gasteiger partial charge in [0.1, 0.15) is 11.6 Å². The highest BCUT2D eigenvalue weighted by atomic mass is 127. The molecule has 1 aliphatic rings. The van der Waals surface area contributed by atoms with Gasteiger partial charge >= 0.3 is 0 Å². The van der Waals surface area contributed by atoms with Crippen LogP contribution in [0.2, 0.25) is 0 Å². The highest BCUT2D eigenvalue weighted by Gasteiger charge is 2.16. The lowest BCUT2D eigenvalue weighted by atomic mass is 10.2. The van der Waals surface area contributed by atoms with Crippen molar-refractivity contribution < 1.29 is 9.53 Å². The Labute approximate surface area is 170 Å². The van der Waals surface area contributed by atoms with Crippen molar-refractivity contribution in [2.75, 3.05) is 33.8 Å². The highest BCUT2D eigenvalue weighted by molar-refractivity contribution is 14.0. The second kappa shape index (κ2) is 10.9. The second-order valence-electron chi connectivity index (χ2n) is 6.07. The van der Waals surface area contributed by atoms with E-state index in [2.05, 4.69) is 27.5 Å². The summed E-state index contributed by atoms with van der Waals surface area (Å²) in [6.07, 6.45) is 2.37. The van der Waals surface area contributed by atoms with E-state index in [4.69, 9.17) is 4.74 Å². The molecular formula is C16H28IN5O2S. The molecular weight excluding hydrogens is 453 g/mol. The zero-order valence-electron chi connectivity index (χ0n) is 15.3. The van der Waals surface area contributed by atoms with E-state index in [0.29, 0.717) is 19.0 Å². The van der Waals surface area contributed by atoms with E-state index >= 15 is 0 Å². The molecule has 25 heavy (non-hydrogen) atoms. The van der Waals surface area contributed by atoms with Crippen molar-refractivity contribution in [3.8, 4) is 0 Å². The first kappa shape index (κ1) is 22.1. The molecule has 142 valence electrons. The summed E-state index contributed by atoms with van der Waals surface area (Å²) in [5.74, 6) is 0.584. The van der Waals surface area contributed by atoms with E-state index in [1.165, 1.54) is 9.78 Å². The van der Waals surface area contributed by atoms with Gasteiger partial charge in [-0.2, -0.15) is 0 Å². The molecule has 1 saturated heterocycles. The van der Waals surface area contributed by atoms with Gasteiger partial charge < -0.3 is 20.3 Å². The SMILES string of the molecule is Cc1nc(CNC(=NCC(=O)N(C)C)NCC2CCCO2)sc1C.I. The molecule has 0 radical (unpaired) electrons. The zero-order valence-corrected chi connectivity index (χ0v) is 18.4. The van der Waals surface area contributed by atoms with Crippen molar-refractivity contribution in [2.24, 2.45) is 4.99 Å². The maximum Gasteiger partial charge on any atom is 0.243 e. The average molecular weight is 481 g/mol. The van der Waals surface area contributed by atoms with Gasteiger partial charge in [0.2, 0.25) is 5.91 Å². The fourth-order valence-corrected chi connectivity index (χ4v) is 3.13. The minimum Gasteiger partial charge on any atom is -0.376 e. The maximum absolute atomic E-state index is 11.8. The molecule has 9 heteroatoms. The second-order valence-corrected chi connectivity index (χ2v) is 7.36. The van der Waals surface area contributed by atoms with Crippen LogP contribution in [0.3, 0.4) is 0 Å². The monoisotopic (exact) mass is 481 g/mol. The molecule has 7 nitrogen and oxygen atoms in total. The van der Waals surface area contributed by atoms with Gasteiger partial charge in [0.05, 0.1) is 18.3 Å². The third-order valence-corrected chi connectivity index (χ3v) is 4.95. The standard InChI is InChI=1S/C16H27N5O2S.HI/c1-11-12(2)24-14(20-11)9-18-16(19-10-15(22)21(3)4)17-8-13-6-5-7-23-13;/h13H,5-10H2,1-4H3,(H2,17,18,19);1H. The molecule has 1 aliphatic heterocycles. The number of nitrogens with zero attached hydrogens (tertiary/aromatic N) is 3. The lowest BCUT2D eigenvalue weighted by Gasteiger charge is -2.15. The van der Waals surface area contributed by atoms with E-state index < -0.39 is 0 Å². The fourth-order valence-electron chi connectivity index (χ4n) is 2.25. The summed E-state index contributed by atoms with van der Waals surface area (Å²) in [6.45, 7) is 6.30. The molecule has 0 aliphatic carbocycles. The zero-order chi connectivity index (χ0) is 17.5. The summed E-state index contributed by atoms with van der Waals surface area (Å²) in [7, 11) is 3.46. The Bertz CT molecular complexity index is 566. The minimum absolute atomic E-state index is 0. The van der Waals surface area contributed by atoms with Crippen molar-refractivity contribution in [2.45, 2.75) is 39.3 Å². The lowest BCUT2D eigenvalue weighted by Crippen LogP contribution is -2.41. The van der Waals surface area contributed by atoms with Crippen LogP contribution in [0.25, 0.3) is 0 Å². The van der Waals surface area contributed by atoms with E-state index in [0.717, 1.165) is 30.2 Å². The number of amides is 1. The Hall–Kier alpha value is -0.940. The Morgan fingerprint density at radius 3 is 2.72 bits per heavy atom. The number of aliphatic imine (C=N–C) groups is 1. The first-order valence-electron chi connectivity index (χ1n) is 8.22. The number of nitrogens with one attached hydrogen (secondary N) is 2. The molecule has 1 aromatic heterocycles. The van der Waals surface area contributed by atoms with Crippen molar-refractivity contribution in [1.82, 2.24) is 20.5 Å². The fraction of sp³-hybridized carbons (Fsp3) is 0.688. The van der Waals surface area contributed by atoms with E-state index in [9.17, 15) is 4.79 Å². The predicted octanol–water partition coefficient (Wildman–Crippen LogP) is 1.68. The number of hydrogen-bond acceptors (Lipinski definition) is 5.